The number of rotatable bonds is 3. The highest BCUT2D eigenvalue weighted by atomic mass is 19.3. The Kier molecular flexibility index (Phi) is 6.85. The van der Waals surface area contributed by atoms with Crippen LogP contribution >= 0.6 is 0 Å². The molecule has 0 saturated carbocycles. The largest absolute Gasteiger partial charge is 0.364 e. The Morgan fingerprint density at radius 1 is 1.50 bits per heavy atom. The summed E-state index contributed by atoms with van der Waals surface area (Å²) in [5.41, 5.74) is 4.43. The molecule has 0 aromatic rings. The summed E-state index contributed by atoms with van der Waals surface area (Å²) in [5.74, 6) is -5.10. The number of carbonyl (C=O) groups is 1. The zero-order chi connectivity index (χ0) is 10.4. The maximum Gasteiger partial charge on any atom is 0.324 e. The van der Waals surface area contributed by atoms with Gasteiger partial charge in [0.2, 0.25) is 0 Å². The van der Waals surface area contributed by atoms with Crippen molar-refractivity contribution in [2.24, 2.45) is 11.7 Å². The first-order valence-electron chi connectivity index (χ1n) is 4.04. The van der Waals surface area contributed by atoms with Crippen molar-refractivity contribution >= 4 is 5.91 Å². The summed E-state index contributed by atoms with van der Waals surface area (Å²) in [4.78, 5) is 10.0. The first kappa shape index (κ1) is 13.9. The summed E-state index contributed by atoms with van der Waals surface area (Å²) < 4.78 is 24.6. The quantitative estimate of drug-likeness (QED) is 0.717. The zero-order valence-electron chi connectivity index (χ0n) is 8.03. The summed E-state index contributed by atoms with van der Waals surface area (Å²) in [6.07, 6.45) is -0.470. The van der Waals surface area contributed by atoms with Crippen molar-refractivity contribution in [3.8, 4) is 0 Å². The molecular formula is C8H19F2NO. The van der Waals surface area contributed by atoms with E-state index in [1.54, 1.807) is 13.8 Å². The average molecular weight is 183 g/mol. The van der Waals surface area contributed by atoms with Crippen LogP contribution < -0.4 is 5.73 Å². The fourth-order valence-electron chi connectivity index (χ4n) is 0.613. The Morgan fingerprint density at radius 3 is 1.92 bits per heavy atom. The maximum atomic E-state index is 12.3. The third-order valence-corrected chi connectivity index (χ3v) is 1.03. The van der Waals surface area contributed by atoms with Crippen LogP contribution in [0.3, 0.4) is 0 Å². The van der Waals surface area contributed by atoms with Crippen LogP contribution in [-0.4, -0.2) is 11.8 Å². The maximum absolute atomic E-state index is 12.3. The van der Waals surface area contributed by atoms with Crippen LogP contribution in [0.15, 0.2) is 0 Å². The Bertz CT molecular complexity index is 140. The van der Waals surface area contributed by atoms with Crippen molar-refractivity contribution in [1.29, 1.82) is 0 Å². The van der Waals surface area contributed by atoms with E-state index >= 15 is 0 Å². The minimum Gasteiger partial charge on any atom is -0.364 e. The molecular weight excluding hydrogens is 164 g/mol. The van der Waals surface area contributed by atoms with Gasteiger partial charge in [-0.25, -0.2) is 0 Å². The van der Waals surface area contributed by atoms with Crippen molar-refractivity contribution in [1.82, 2.24) is 0 Å². The van der Waals surface area contributed by atoms with Gasteiger partial charge in [-0.3, -0.25) is 4.79 Å². The van der Waals surface area contributed by atoms with Gasteiger partial charge in [0.05, 0.1) is 0 Å². The van der Waals surface area contributed by atoms with Gasteiger partial charge in [0.15, 0.2) is 0 Å². The Morgan fingerprint density at radius 2 is 1.83 bits per heavy atom. The topological polar surface area (TPSA) is 43.1 Å². The summed E-state index contributed by atoms with van der Waals surface area (Å²) in [6.45, 7) is 7.22. The second kappa shape index (κ2) is 5.91. The smallest absolute Gasteiger partial charge is 0.324 e. The minimum atomic E-state index is -3.34. The lowest BCUT2D eigenvalue weighted by Crippen LogP contribution is -2.36. The molecule has 0 aromatic carbocycles. The van der Waals surface area contributed by atoms with Crippen LogP contribution in [0.25, 0.3) is 0 Å². The second-order valence-electron chi connectivity index (χ2n) is 2.67. The fraction of sp³-hybridized carbons (Fsp3) is 0.875. The molecule has 12 heavy (non-hydrogen) atoms. The number of primary amides is 1. The van der Waals surface area contributed by atoms with Gasteiger partial charge in [0, 0.05) is 7.85 Å². The van der Waals surface area contributed by atoms with Crippen LogP contribution in [-0.2, 0) is 4.79 Å². The zero-order valence-corrected chi connectivity index (χ0v) is 8.03. The number of hydrogen-bond acceptors (Lipinski definition) is 1. The van der Waals surface area contributed by atoms with Gasteiger partial charge < -0.3 is 5.73 Å². The molecule has 0 saturated heterocycles. The van der Waals surface area contributed by atoms with Crippen molar-refractivity contribution < 1.29 is 15.0 Å². The third kappa shape index (κ3) is 6.07. The first-order valence-corrected chi connectivity index (χ1v) is 4.04. The standard InChI is InChI=1S/C6H11F2NO.C2H6.H2/c1-4(2)3-6(7,8)5(9)10;1-2;/h4H,3H2,1-2H3,(H2,9,10);1-2H3;1H. The van der Waals surface area contributed by atoms with Gasteiger partial charge in [-0.2, -0.15) is 8.78 Å². The molecule has 2 N–H and O–H groups in total. The lowest BCUT2D eigenvalue weighted by molar-refractivity contribution is -0.143. The molecule has 2 nitrogen and oxygen atoms in total. The van der Waals surface area contributed by atoms with Gasteiger partial charge >= 0.3 is 5.92 Å². The Balaban J connectivity index is -0.000000309. The molecule has 0 unspecified atom stereocenters. The third-order valence-electron chi connectivity index (χ3n) is 1.03. The van der Waals surface area contributed by atoms with Crippen LogP contribution in [0, 0.1) is 5.92 Å². The first-order chi connectivity index (χ1) is 5.36. The highest BCUT2D eigenvalue weighted by molar-refractivity contribution is 5.81. The lowest BCUT2D eigenvalue weighted by atomic mass is 10.1. The number of hydrogen-bond donors (Lipinski definition) is 1. The highest BCUT2D eigenvalue weighted by Gasteiger charge is 2.36. The van der Waals surface area contributed by atoms with E-state index in [4.69, 9.17) is 0 Å². The van der Waals surface area contributed by atoms with E-state index in [1.165, 1.54) is 0 Å². The second-order valence-corrected chi connectivity index (χ2v) is 2.67. The molecule has 0 rings (SSSR count). The van der Waals surface area contributed by atoms with Gasteiger partial charge in [0.25, 0.3) is 5.91 Å². The number of alkyl halides is 2. The van der Waals surface area contributed by atoms with Gasteiger partial charge in [-0.05, 0) is 5.92 Å². The summed E-state index contributed by atoms with van der Waals surface area (Å²) in [5, 5.41) is 0. The lowest BCUT2D eigenvalue weighted by Gasteiger charge is -2.13. The molecule has 4 heteroatoms. The van der Waals surface area contributed by atoms with Crippen LogP contribution in [0.2, 0.25) is 0 Å². The monoisotopic (exact) mass is 183 g/mol. The minimum absolute atomic E-state index is 0. The summed E-state index contributed by atoms with van der Waals surface area (Å²) in [7, 11) is 0. The van der Waals surface area contributed by atoms with E-state index in [2.05, 4.69) is 5.73 Å². The van der Waals surface area contributed by atoms with E-state index in [9.17, 15) is 13.6 Å². The average Bonchev–Trinajstić information content (AvgIpc) is 1.89. The Labute approximate surface area is 73.6 Å². The molecule has 0 aliphatic carbocycles. The van der Waals surface area contributed by atoms with Crippen molar-refractivity contribution in [3.05, 3.63) is 0 Å². The van der Waals surface area contributed by atoms with Crippen LogP contribution in [0.1, 0.15) is 35.5 Å². The van der Waals surface area contributed by atoms with Crippen molar-refractivity contribution in [2.75, 3.05) is 0 Å². The molecule has 0 atom stereocenters. The van der Waals surface area contributed by atoms with Crippen LogP contribution in [0.5, 0.6) is 0 Å². The molecule has 0 aromatic heterocycles. The fourth-order valence-corrected chi connectivity index (χ4v) is 0.613. The molecule has 0 radical (unpaired) electrons. The molecule has 1 amide bonds. The van der Waals surface area contributed by atoms with E-state index < -0.39 is 18.3 Å². The van der Waals surface area contributed by atoms with Crippen molar-refractivity contribution in [2.45, 2.75) is 40.0 Å². The normalized spacial score (nSPS) is 10.6. The van der Waals surface area contributed by atoms with E-state index in [0.717, 1.165) is 0 Å². The molecule has 0 aliphatic heterocycles. The SMILES string of the molecule is CC.CC(C)CC(F)(F)C(N)=O.[HH]. The summed E-state index contributed by atoms with van der Waals surface area (Å²) in [6, 6.07) is 0. The van der Waals surface area contributed by atoms with Crippen molar-refractivity contribution in [3.63, 3.8) is 0 Å². The number of halogens is 2. The number of nitrogens with two attached hydrogens (primary N) is 1. The van der Waals surface area contributed by atoms with E-state index in [0.29, 0.717) is 0 Å². The predicted molar refractivity (Wildman–Crippen MR) is 47.1 cm³/mol. The molecule has 0 fully saturated rings. The molecule has 0 spiro atoms. The number of carbonyl (C=O) groups excluding carboxylic acids is 1. The Hall–Kier alpha value is -0.670. The van der Waals surface area contributed by atoms with Crippen LogP contribution in [0.4, 0.5) is 8.78 Å². The molecule has 0 aliphatic rings. The van der Waals surface area contributed by atoms with Gasteiger partial charge in [-0.15, -0.1) is 0 Å². The molecule has 0 heterocycles. The van der Waals surface area contributed by atoms with Gasteiger partial charge in [0.1, 0.15) is 0 Å². The van der Waals surface area contributed by atoms with Gasteiger partial charge in [-0.1, -0.05) is 27.7 Å². The van der Waals surface area contributed by atoms with E-state index in [1.807, 2.05) is 13.8 Å². The molecule has 76 valence electrons. The number of amides is 1. The highest BCUT2D eigenvalue weighted by Crippen LogP contribution is 2.22. The van der Waals surface area contributed by atoms with E-state index in [-0.39, 0.29) is 7.34 Å². The summed E-state index contributed by atoms with van der Waals surface area (Å²) >= 11 is 0. The molecule has 0 bridgehead atoms. The predicted octanol–water partition coefficient (Wildman–Crippen LogP) is 2.43.